The lowest BCUT2D eigenvalue weighted by Gasteiger charge is -2.18. The zero-order valence-corrected chi connectivity index (χ0v) is 12.7. The lowest BCUT2D eigenvalue weighted by molar-refractivity contribution is 0.0942. The van der Waals surface area contributed by atoms with Crippen molar-refractivity contribution in [2.45, 2.75) is 52.3 Å². The molecule has 20 heavy (non-hydrogen) atoms. The van der Waals surface area contributed by atoms with E-state index in [0.717, 1.165) is 29.8 Å². The molecule has 2 N–H and O–H groups in total. The molecule has 1 fully saturated rings. The molecule has 4 nitrogen and oxygen atoms in total. The van der Waals surface area contributed by atoms with Crippen molar-refractivity contribution in [1.29, 1.82) is 0 Å². The van der Waals surface area contributed by atoms with Crippen LogP contribution in [-0.4, -0.2) is 30.7 Å². The molecule has 0 unspecified atom stereocenters. The smallest absolute Gasteiger partial charge is 0.251 e. The number of benzene rings is 1. The maximum Gasteiger partial charge on any atom is 0.251 e. The molecule has 0 bridgehead atoms. The van der Waals surface area contributed by atoms with Gasteiger partial charge in [0.25, 0.3) is 5.91 Å². The molecule has 1 aliphatic rings. The Bertz CT molecular complexity index is 485. The van der Waals surface area contributed by atoms with Crippen LogP contribution in [0.2, 0.25) is 0 Å². The van der Waals surface area contributed by atoms with Crippen molar-refractivity contribution in [3.63, 3.8) is 0 Å². The highest BCUT2D eigenvalue weighted by Gasteiger charge is 2.24. The number of aryl methyl sites for hydroxylation is 1. The van der Waals surface area contributed by atoms with Gasteiger partial charge in [0.05, 0.1) is 12.1 Å². The van der Waals surface area contributed by atoms with Gasteiger partial charge in [-0.15, -0.1) is 0 Å². The van der Waals surface area contributed by atoms with Crippen LogP contribution in [0, 0.1) is 6.92 Å². The first kappa shape index (κ1) is 14.9. The van der Waals surface area contributed by atoms with Gasteiger partial charge in [-0.25, -0.2) is 0 Å². The van der Waals surface area contributed by atoms with Crippen molar-refractivity contribution >= 4 is 11.6 Å². The van der Waals surface area contributed by atoms with E-state index in [-0.39, 0.29) is 18.1 Å². The third-order valence-electron chi connectivity index (χ3n) is 3.62. The van der Waals surface area contributed by atoms with Gasteiger partial charge in [-0.2, -0.15) is 0 Å². The zero-order chi connectivity index (χ0) is 14.7. The van der Waals surface area contributed by atoms with Gasteiger partial charge in [0.15, 0.2) is 0 Å². The second-order valence-corrected chi connectivity index (χ2v) is 5.77. The lowest BCUT2D eigenvalue weighted by Crippen LogP contribution is -2.30. The first-order valence-electron chi connectivity index (χ1n) is 7.27. The molecule has 1 amide bonds. The number of carbonyl (C=O) groups is 1. The van der Waals surface area contributed by atoms with E-state index in [2.05, 4.69) is 17.6 Å². The third-order valence-corrected chi connectivity index (χ3v) is 3.62. The van der Waals surface area contributed by atoms with Gasteiger partial charge < -0.3 is 15.4 Å². The summed E-state index contributed by atoms with van der Waals surface area (Å²) < 4.78 is 5.55. The minimum Gasteiger partial charge on any atom is -0.380 e. The van der Waals surface area contributed by atoms with E-state index in [9.17, 15) is 4.79 Å². The van der Waals surface area contributed by atoms with Crippen LogP contribution in [0.1, 0.15) is 43.1 Å². The molecule has 1 aromatic rings. The minimum absolute atomic E-state index is 0.0124. The molecule has 4 heteroatoms. The molecule has 0 radical (unpaired) electrons. The Labute approximate surface area is 120 Å². The standard InChI is InChI=1S/C16H24N2O2/c1-10(2)17-16(19)14-6-5-13(9-11(14)3)18-15-7-8-20-12(15)4/h5-6,9-10,12,15,18H,7-8H2,1-4H3,(H,17,19)/t12-,15+/m1/s1. The molecule has 1 aliphatic heterocycles. The van der Waals surface area contributed by atoms with Gasteiger partial charge in [-0.1, -0.05) is 0 Å². The van der Waals surface area contributed by atoms with Crippen LogP contribution in [0.15, 0.2) is 18.2 Å². The van der Waals surface area contributed by atoms with Crippen LogP contribution in [0.25, 0.3) is 0 Å². The average Bonchev–Trinajstić information content (AvgIpc) is 2.74. The number of ether oxygens (including phenoxy) is 1. The lowest BCUT2D eigenvalue weighted by atomic mass is 10.1. The number of carbonyl (C=O) groups excluding carboxylic acids is 1. The summed E-state index contributed by atoms with van der Waals surface area (Å²) in [7, 11) is 0. The Morgan fingerprint density at radius 3 is 2.70 bits per heavy atom. The molecule has 0 spiro atoms. The number of hydrogen-bond donors (Lipinski definition) is 2. The largest absolute Gasteiger partial charge is 0.380 e. The molecular weight excluding hydrogens is 252 g/mol. The summed E-state index contributed by atoms with van der Waals surface area (Å²) in [5.74, 6) is -0.0124. The number of rotatable bonds is 4. The van der Waals surface area contributed by atoms with E-state index < -0.39 is 0 Å². The van der Waals surface area contributed by atoms with Gasteiger partial charge in [-0.05, 0) is 57.9 Å². The van der Waals surface area contributed by atoms with Gasteiger partial charge >= 0.3 is 0 Å². The SMILES string of the molecule is Cc1cc(N[C@H]2CCO[C@@H]2C)ccc1C(=O)NC(C)C. The predicted molar refractivity (Wildman–Crippen MR) is 81.2 cm³/mol. The van der Waals surface area contributed by atoms with Crippen LogP contribution < -0.4 is 10.6 Å². The minimum atomic E-state index is -0.0124. The van der Waals surface area contributed by atoms with Crippen LogP contribution in [0.3, 0.4) is 0 Å². The third kappa shape index (κ3) is 3.51. The van der Waals surface area contributed by atoms with Crippen molar-refractivity contribution in [2.24, 2.45) is 0 Å². The van der Waals surface area contributed by atoms with E-state index in [1.807, 2.05) is 39.0 Å². The van der Waals surface area contributed by atoms with Crippen molar-refractivity contribution in [3.8, 4) is 0 Å². The van der Waals surface area contributed by atoms with E-state index in [1.165, 1.54) is 0 Å². The van der Waals surface area contributed by atoms with Crippen LogP contribution in [-0.2, 0) is 4.74 Å². The first-order valence-corrected chi connectivity index (χ1v) is 7.27. The van der Waals surface area contributed by atoms with E-state index in [0.29, 0.717) is 6.04 Å². The Morgan fingerprint density at radius 1 is 1.40 bits per heavy atom. The molecule has 1 heterocycles. The van der Waals surface area contributed by atoms with E-state index >= 15 is 0 Å². The number of nitrogens with one attached hydrogen (secondary N) is 2. The molecule has 0 saturated carbocycles. The van der Waals surface area contributed by atoms with Crippen molar-refractivity contribution in [2.75, 3.05) is 11.9 Å². The summed E-state index contributed by atoms with van der Waals surface area (Å²) >= 11 is 0. The Morgan fingerprint density at radius 2 is 2.15 bits per heavy atom. The normalized spacial score (nSPS) is 22.1. The van der Waals surface area contributed by atoms with Crippen molar-refractivity contribution in [1.82, 2.24) is 5.32 Å². The van der Waals surface area contributed by atoms with Crippen LogP contribution in [0.4, 0.5) is 5.69 Å². The van der Waals surface area contributed by atoms with Gasteiger partial charge in [0.2, 0.25) is 0 Å². The number of hydrogen-bond acceptors (Lipinski definition) is 3. The van der Waals surface area contributed by atoms with Gasteiger partial charge in [0.1, 0.15) is 0 Å². The average molecular weight is 276 g/mol. The van der Waals surface area contributed by atoms with Gasteiger partial charge in [-0.3, -0.25) is 4.79 Å². The van der Waals surface area contributed by atoms with E-state index in [4.69, 9.17) is 4.74 Å². The molecule has 0 aromatic heterocycles. The fourth-order valence-corrected chi connectivity index (χ4v) is 2.48. The summed E-state index contributed by atoms with van der Waals surface area (Å²) in [6.45, 7) is 8.79. The monoisotopic (exact) mass is 276 g/mol. The highest BCUT2D eigenvalue weighted by Crippen LogP contribution is 2.21. The first-order chi connectivity index (χ1) is 9.47. The maximum atomic E-state index is 12.0. The van der Waals surface area contributed by atoms with Gasteiger partial charge in [0, 0.05) is 23.9 Å². The Balaban J connectivity index is 2.07. The quantitative estimate of drug-likeness (QED) is 0.889. The topological polar surface area (TPSA) is 50.4 Å². The summed E-state index contributed by atoms with van der Waals surface area (Å²) in [5.41, 5.74) is 2.77. The number of amides is 1. The molecule has 0 aliphatic carbocycles. The summed E-state index contributed by atoms with van der Waals surface area (Å²) in [6, 6.07) is 6.38. The van der Waals surface area contributed by atoms with Crippen LogP contribution >= 0.6 is 0 Å². The van der Waals surface area contributed by atoms with E-state index in [1.54, 1.807) is 0 Å². The fourth-order valence-electron chi connectivity index (χ4n) is 2.48. The second kappa shape index (κ2) is 6.27. The summed E-state index contributed by atoms with van der Waals surface area (Å²) in [4.78, 5) is 12.0. The second-order valence-electron chi connectivity index (χ2n) is 5.77. The molecule has 110 valence electrons. The molecule has 2 rings (SSSR count). The summed E-state index contributed by atoms with van der Waals surface area (Å²) in [6.07, 6.45) is 1.26. The highest BCUT2D eigenvalue weighted by atomic mass is 16.5. The summed E-state index contributed by atoms with van der Waals surface area (Å²) in [5, 5.41) is 6.40. The molecular formula is C16H24N2O2. The maximum absolute atomic E-state index is 12.0. The number of anilines is 1. The zero-order valence-electron chi connectivity index (χ0n) is 12.7. The Hall–Kier alpha value is -1.55. The fraction of sp³-hybridized carbons (Fsp3) is 0.562. The van der Waals surface area contributed by atoms with Crippen molar-refractivity contribution in [3.05, 3.63) is 29.3 Å². The highest BCUT2D eigenvalue weighted by molar-refractivity contribution is 5.96. The molecule has 1 saturated heterocycles. The Kier molecular flexibility index (Phi) is 4.65. The van der Waals surface area contributed by atoms with Crippen LogP contribution in [0.5, 0.6) is 0 Å². The predicted octanol–water partition coefficient (Wildman–Crippen LogP) is 2.72. The van der Waals surface area contributed by atoms with Crippen molar-refractivity contribution < 1.29 is 9.53 Å². The molecule has 1 aromatic carbocycles. The molecule has 2 atom stereocenters.